The molecular formula is C17H20N2O4S. The number of carbonyl (C=O) groups is 1. The highest BCUT2D eigenvalue weighted by molar-refractivity contribution is 7.92. The van der Waals surface area contributed by atoms with Gasteiger partial charge in [0.25, 0.3) is 5.91 Å². The molecule has 2 aromatic carbocycles. The van der Waals surface area contributed by atoms with Crippen LogP contribution < -0.4 is 14.8 Å². The first kappa shape index (κ1) is 17.8. The Morgan fingerprint density at radius 3 is 2.58 bits per heavy atom. The van der Waals surface area contributed by atoms with Crippen molar-refractivity contribution >= 4 is 21.6 Å². The van der Waals surface area contributed by atoms with E-state index >= 15 is 0 Å². The fourth-order valence-electron chi connectivity index (χ4n) is 2.14. The van der Waals surface area contributed by atoms with Crippen molar-refractivity contribution in [3.63, 3.8) is 0 Å². The van der Waals surface area contributed by atoms with Crippen LogP contribution in [0.15, 0.2) is 42.5 Å². The van der Waals surface area contributed by atoms with E-state index in [-0.39, 0.29) is 5.91 Å². The van der Waals surface area contributed by atoms with Crippen molar-refractivity contribution in [1.82, 2.24) is 5.32 Å². The zero-order valence-electron chi connectivity index (χ0n) is 13.8. The van der Waals surface area contributed by atoms with E-state index < -0.39 is 10.0 Å². The van der Waals surface area contributed by atoms with Crippen LogP contribution in [0, 0.1) is 6.92 Å². The third kappa shape index (κ3) is 4.99. The van der Waals surface area contributed by atoms with E-state index in [1.54, 1.807) is 26.2 Å². The molecule has 2 rings (SSSR count). The molecule has 0 radical (unpaired) electrons. The average Bonchev–Trinajstić information content (AvgIpc) is 2.53. The normalized spacial score (nSPS) is 11.0. The first-order valence-electron chi connectivity index (χ1n) is 7.28. The summed E-state index contributed by atoms with van der Waals surface area (Å²) in [4.78, 5) is 12.3. The minimum absolute atomic E-state index is 0.283. The van der Waals surface area contributed by atoms with Crippen LogP contribution in [0.4, 0.5) is 5.69 Å². The van der Waals surface area contributed by atoms with Gasteiger partial charge in [-0.25, -0.2) is 8.42 Å². The SMILES string of the molecule is COc1cccc(CNC(=O)c2ccc(C)c(NS(C)(=O)=O)c2)c1. The Balaban J connectivity index is 2.10. The topological polar surface area (TPSA) is 84.5 Å². The minimum Gasteiger partial charge on any atom is -0.497 e. The molecule has 0 fully saturated rings. The summed E-state index contributed by atoms with van der Waals surface area (Å²) in [5, 5.41) is 2.80. The van der Waals surface area contributed by atoms with Gasteiger partial charge in [-0.1, -0.05) is 18.2 Å². The Morgan fingerprint density at radius 1 is 1.17 bits per heavy atom. The molecule has 0 unspecified atom stereocenters. The second kappa shape index (κ2) is 7.35. The molecule has 7 heteroatoms. The van der Waals surface area contributed by atoms with Crippen molar-refractivity contribution in [2.24, 2.45) is 0 Å². The number of benzene rings is 2. The van der Waals surface area contributed by atoms with Crippen LogP contribution >= 0.6 is 0 Å². The van der Waals surface area contributed by atoms with Crippen molar-refractivity contribution in [3.8, 4) is 5.75 Å². The number of carbonyl (C=O) groups excluding carboxylic acids is 1. The molecule has 0 heterocycles. The first-order chi connectivity index (χ1) is 11.3. The van der Waals surface area contributed by atoms with Gasteiger partial charge >= 0.3 is 0 Å². The van der Waals surface area contributed by atoms with Crippen molar-refractivity contribution in [3.05, 3.63) is 59.2 Å². The highest BCUT2D eigenvalue weighted by Crippen LogP contribution is 2.18. The summed E-state index contributed by atoms with van der Waals surface area (Å²) in [5.41, 5.74) is 2.43. The molecular weight excluding hydrogens is 328 g/mol. The highest BCUT2D eigenvalue weighted by atomic mass is 32.2. The summed E-state index contributed by atoms with van der Waals surface area (Å²) in [7, 11) is -1.82. The molecule has 0 aromatic heterocycles. The smallest absolute Gasteiger partial charge is 0.251 e. The molecule has 0 atom stereocenters. The fraction of sp³-hybridized carbons (Fsp3) is 0.235. The Bertz CT molecular complexity index is 847. The second-order valence-electron chi connectivity index (χ2n) is 5.44. The predicted octanol–water partition coefficient (Wildman–Crippen LogP) is 2.31. The van der Waals surface area contributed by atoms with Gasteiger partial charge in [-0.15, -0.1) is 0 Å². The maximum absolute atomic E-state index is 12.3. The van der Waals surface area contributed by atoms with Crippen molar-refractivity contribution in [2.75, 3.05) is 18.1 Å². The number of methoxy groups -OCH3 is 1. The van der Waals surface area contributed by atoms with Gasteiger partial charge in [0.1, 0.15) is 5.75 Å². The number of ether oxygens (including phenoxy) is 1. The van der Waals surface area contributed by atoms with Gasteiger partial charge in [0.05, 0.1) is 19.1 Å². The molecule has 1 amide bonds. The van der Waals surface area contributed by atoms with Gasteiger partial charge in [0.15, 0.2) is 0 Å². The van der Waals surface area contributed by atoms with E-state index in [0.717, 1.165) is 23.1 Å². The number of hydrogen-bond donors (Lipinski definition) is 2. The van der Waals surface area contributed by atoms with Gasteiger partial charge < -0.3 is 10.1 Å². The van der Waals surface area contributed by atoms with Crippen LogP contribution in [0.5, 0.6) is 5.75 Å². The summed E-state index contributed by atoms with van der Waals surface area (Å²) in [6, 6.07) is 12.3. The number of rotatable bonds is 6. The van der Waals surface area contributed by atoms with Crippen molar-refractivity contribution in [2.45, 2.75) is 13.5 Å². The van der Waals surface area contributed by atoms with E-state index in [1.807, 2.05) is 24.3 Å². The molecule has 0 saturated carbocycles. The van der Waals surface area contributed by atoms with Crippen molar-refractivity contribution < 1.29 is 17.9 Å². The van der Waals surface area contributed by atoms with Gasteiger partial charge in [0, 0.05) is 12.1 Å². The predicted molar refractivity (Wildman–Crippen MR) is 93.8 cm³/mol. The first-order valence-corrected chi connectivity index (χ1v) is 9.17. The molecule has 0 bridgehead atoms. The van der Waals surface area contributed by atoms with Crippen LogP contribution in [0.25, 0.3) is 0 Å². The van der Waals surface area contributed by atoms with E-state index in [1.165, 1.54) is 6.07 Å². The molecule has 0 saturated heterocycles. The van der Waals surface area contributed by atoms with E-state index in [0.29, 0.717) is 17.8 Å². The molecule has 24 heavy (non-hydrogen) atoms. The number of sulfonamides is 1. The van der Waals surface area contributed by atoms with E-state index in [9.17, 15) is 13.2 Å². The van der Waals surface area contributed by atoms with Gasteiger partial charge in [-0.05, 0) is 42.3 Å². The monoisotopic (exact) mass is 348 g/mol. The zero-order valence-corrected chi connectivity index (χ0v) is 14.6. The van der Waals surface area contributed by atoms with Crippen LogP contribution in [0.3, 0.4) is 0 Å². The quantitative estimate of drug-likeness (QED) is 0.839. The zero-order chi connectivity index (χ0) is 17.7. The second-order valence-corrected chi connectivity index (χ2v) is 7.19. The largest absolute Gasteiger partial charge is 0.497 e. The van der Waals surface area contributed by atoms with Gasteiger partial charge in [0.2, 0.25) is 10.0 Å². The van der Waals surface area contributed by atoms with Gasteiger partial charge in [-0.2, -0.15) is 0 Å². The number of hydrogen-bond acceptors (Lipinski definition) is 4. The maximum atomic E-state index is 12.3. The highest BCUT2D eigenvalue weighted by Gasteiger charge is 2.10. The Hall–Kier alpha value is -2.54. The minimum atomic E-state index is -3.40. The average molecular weight is 348 g/mol. The Labute approximate surface area is 141 Å². The molecule has 2 aromatic rings. The summed E-state index contributed by atoms with van der Waals surface area (Å²) >= 11 is 0. The molecule has 6 nitrogen and oxygen atoms in total. The molecule has 0 aliphatic rings. The van der Waals surface area contributed by atoms with Crippen LogP contribution in [-0.4, -0.2) is 27.7 Å². The number of aryl methyl sites for hydroxylation is 1. The maximum Gasteiger partial charge on any atom is 0.251 e. The molecule has 2 N–H and O–H groups in total. The summed E-state index contributed by atoms with van der Waals surface area (Å²) in [6.07, 6.45) is 1.07. The lowest BCUT2D eigenvalue weighted by atomic mass is 10.1. The lowest BCUT2D eigenvalue weighted by Gasteiger charge is -2.11. The lowest BCUT2D eigenvalue weighted by molar-refractivity contribution is 0.0951. The van der Waals surface area contributed by atoms with E-state index in [4.69, 9.17) is 4.74 Å². The van der Waals surface area contributed by atoms with Gasteiger partial charge in [-0.3, -0.25) is 9.52 Å². The number of anilines is 1. The molecule has 0 aliphatic heterocycles. The Morgan fingerprint density at radius 2 is 1.92 bits per heavy atom. The standard InChI is InChI=1S/C17H20N2O4S/c1-12-7-8-14(10-16(12)19-24(3,21)22)17(20)18-11-13-5-4-6-15(9-13)23-2/h4-10,19H,11H2,1-3H3,(H,18,20). The van der Waals surface area contributed by atoms with Crippen molar-refractivity contribution in [1.29, 1.82) is 0 Å². The van der Waals surface area contributed by atoms with E-state index in [2.05, 4.69) is 10.0 Å². The summed E-state index contributed by atoms with van der Waals surface area (Å²) in [5.74, 6) is 0.436. The number of amides is 1. The summed E-state index contributed by atoms with van der Waals surface area (Å²) < 4.78 is 30.3. The van der Waals surface area contributed by atoms with Crippen LogP contribution in [0.2, 0.25) is 0 Å². The molecule has 128 valence electrons. The third-order valence-electron chi connectivity index (χ3n) is 3.38. The molecule has 0 aliphatic carbocycles. The third-order valence-corrected chi connectivity index (χ3v) is 3.97. The van der Waals surface area contributed by atoms with Crippen LogP contribution in [0.1, 0.15) is 21.5 Å². The lowest BCUT2D eigenvalue weighted by Crippen LogP contribution is -2.23. The van der Waals surface area contributed by atoms with Crippen LogP contribution in [-0.2, 0) is 16.6 Å². The molecule has 0 spiro atoms. The Kier molecular flexibility index (Phi) is 5.46. The number of nitrogens with one attached hydrogen (secondary N) is 2. The summed E-state index contributed by atoms with van der Waals surface area (Å²) in [6.45, 7) is 2.12. The fourth-order valence-corrected chi connectivity index (χ4v) is 2.76.